The van der Waals surface area contributed by atoms with Gasteiger partial charge in [-0.15, -0.1) is 0 Å². The Morgan fingerprint density at radius 2 is 1.08 bits per heavy atom. The lowest BCUT2D eigenvalue weighted by atomic mass is 10.0. The van der Waals surface area contributed by atoms with Crippen molar-refractivity contribution in [1.29, 1.82) is 0 Å². The number of aliphatic hydroxyl groups is 1. The van der Waals surface area contributed by atoms with E-state index in [0.29, 0.717) is 12.8 Å². The molecule has 1 amide bonds. The highest BCUT2D eigenvalue weighted by molar-refractivity contribution is 7.47. The van der Waals surface area contributed by atoms with Crippen LogP contribution in [0.25, 0.3) is 0 Å². The van der Waals surface area contributed by atoms with Gasteiger partial charge in [-0.25, -0.2) is 4.57 Å². The molecule has 0 spiro atoms. The van der Waals surface area contributed by atoms with E-state index in [2.05, 4.69) is 43.5 Å². The van der Waals surface area contributed by atoms with Gasteiger partial charge in [-0.2, -0.15) is 0 Å². The number of aliphatic hydroxyl groups excluding tert-OH is 1. The van der Waals surface area contributed by atoms with Crippen LogP contribution in [-0.4, -0.2) is 47.8 Å². The normalized spacial score (nSPS) is 14.4. The highest BCUT2D eigenvalue weighted by Gasteiger charge is 2.27. The molecule has 0 fully saturated rings. The summed E-state index contributed by atoms with van der Waals surface area (Å²) in [6.45, 7) is 4.19. The molecule has 0 aliphatic rings. The zero-order valence-electron chi connectivity index (χ0n) is 33.4. The van der Waals surface area contributed by atoms with Gasteiger partial charge in [0.2, 0.25) is 5.91 Å². The number of hydrogen-bond acceptors (Lipinski definition) is 6. The first kappa shape index (κ1) is 50.0. The van der Waals surface area contributed by atoms with Crippen LogP contribution in [0.4, 0.5) is 0 Å². The molecule has 3 unspecified atom stereocenters. The van der Waals surface area contributed by atoms with Crippen molar-refractivity contribution in [3.05, 3.63) is 24.3 Å². The number of phosphoric acid groups is 1. The summed E-state index contributed by atoms with van der Waals surface area (Å²) in [5.74, 6) is -0.167. The molecule has 0 aliphatic carbocycles. The number of carbonyl (C=O) groups is 1. The van der Waals surface area contributed by atoms with Crippen molar-refractivity contribution in [2.45, 2.75) is 219 Å². The fourth-order valence-electron chi connectivity index (χ4n) is 6.28. The molecule has 0 aromatic heterocycles. The smallest absolute Gasteiger partial charge is 0.391 e. The molecule has 8 nitrogen and oxygen atoms in total. The Kier molecular flexibility index (Phi) is 37.9. The van der Waals surface area contributed by atoms with Crippen molar-refractivity contribution in [2.75, 3.05) is 19.8 Å². The van der Waals surface area contributed by atoms with E-state index in [1.807, 2.05) is 0 Å². The Balaban J connectivity index is 4.10. The van der Waals surface area contributed by atoms with E-state index in [4.69, 9.17) is 14.8 Å². The van der Waals surface area contributed by atoms with Gasteiger partial charge in [0, 0.05) is 13.0 Å². The molecule has 0 heterocycles. The molecule has 51 heavy (non-hydrogen) atoms. The fourth-order valence-corrected chi connectivity index (χ4v) is 7.04. The molecule has 9 heteroatoms. The van der Waals surface area contributed by atoms with E-state index >= 15 is 0 Å². The average molecular weight is 743 g/mol. The molecule has 0 saturated heterocycles. The van der Waals surface area contributed by atoms with Crippen molar-refractivity contribution in [3.63, 3.8) is 0 Å². The average Bonchev–Trinajstić information content (AvgIpc) is 3.12. The number of hydrogen-bond donors (Lipinski definition) is 4. The van der Waals surface area contributed by atoms with Crippen molar-refractivity contribution in [1.82, 2.24) is 5.32 Å². The molecular formula is C42H83N2O6P. The summed E-state index contributed by atoms with van der Waals surface area (Å²) in [4.78, 5) is 22.7. The first-order valence-corrected chi connectivity index (χ1v) is 22.9. The number of rotatable bonds is 40. The third-order valence-electron chi connectivity index (χ3n) is 9.56. The van der Waals surface area contributed by atoms with Crippen LogP contribution in [0.3, 0.4) is 0 Å². The Hall–Kier alpha value is -1.02. The van der Waals surface area contributed by atoms with Crippen LogP contribution >= 0.6 is 7.82 Å². The molecule has 0 radical (unpaired) electrons. The first-order chi connectivity index (χ1) is 24.9. The molecule has 0 rings (SSSR count). The number of carbonyl (C=O) groups excluding carboxylic acids is 1. The van der Waals surface area contributed by atoms with Crippen molar-refractivity contribution >= 4 is 13.7 Å². The van der Waals surface area contributed by atoms with Gasteiger partial charge in [0.1, 0.15) is 0 Å². The summed E-state index contributed by atoms with van der Waals surface area (Å²) in [6.07, 6.45) is 43.3. The monoisotopic (exact) mass is 743 g/mol. The fraction of sp³-hybridized carbons (Fsp3) is 0.881. The van der Waals surface area contributed by atoms with Crippen molar-refractivity contribution in [3.8, 4) is 0 Å². The van der Waals surface area contributed by atoms with Crippen molar-refractivity contribution < 1.29 is 28.4 Å². The van der Waals surface area contributed by atoms with Gasteiger partial charge in [0.15, 0.2) is 0 Å². The zero-order valence-corrected chi connectivity index (χ0v) is 34.2. The summed E-state index contributed by atoms with van der Waals surface area (Å²) >= 11 is 0. The molecule has 0 bridgehead atoms. The van der Waals surface area contributed by atoms with Gasteiger partial charge in [0.25, 0.3) is 0 Å². The number of phosphoric ester groups is 1. The van der Waals surface area contributed by atoms with Gasteiger partial charge in [0.05, 0.1) is 25.4 Å². The molecule has 0 aliphatic heterocycles. The van der Waals surface area contributed by atoms with Gasteiger partial charge < -0.3 is 21.1 Å². The molecule has 0 saturated carbocycles. The summed E-state index contributed by atoms with van der Waals surface area (Å²) in [7, 11) is -4.31. The summed E-state index contributed by atoms with van der Waals surface area (Å²) < 4.78 is 22.1. The second kappa shape index (κ2) is 38.7. The van der Waals surface area contributed by atoms with Gasteiger partial charge in [-0.3, -0.25) is 13.8 Å². The van der Waals surface area contributed by atoms with Crippen LogP contribution in [0.1, 0.15) is 206 Å². The predicted molar refractivity (Wildman–Crippen MR) is 217 cm³/mol. The Labute approximate surface area is 315 Å². The van der Waals surface area contributed by atoms with Crippen LogP contribution < -0.4 is 11.1 Å². The zero-order chi connectivity index (χ0) is 37.5. The second-order valence-electron chi connectivity index (χ2n) is 14.6. The number of amides is 1. The maximum Gasteiger partial charge on any atom is 0.472 e. The first-order valence-electron chi connectivity index (χ1n) is 21.5. The van der Waals surface area contributed by atoms with E-state index in [0.717, 1.165) is 44.9 Å². The van der Waals surface area contributed by atoms with E-state index in [1.165, 1.54) is 135 Å². The molecule has 0 aromatic rings. The highest BCUT2D eigenvalue weighted by Crippen LogP contribution is 2.43. The van der Waals surface area contributed by atoms with Crippen LogP contribution in [0.2, 0.25) is 0 Å². The topological polar surface area (TPSA) is 131 Å². The second-order valence-corrected chi connectivity index (χ2v) is 16.0. The molecule has 3 atom stereocenters. The van der Waals surface area contributed by atoms with E-state index in [-0.39, 0.29) is 25.7 Å². The molecule has 302 valence electrons. The molecule has 0 aromatic carbocycles. The Morgan fingerprint density at radius 1 is 0.647 bits per heavy atom. The third-order valence-corrected chi connectivity index (χ3v) is 10.5. The summed E-state index contributed by atoms with van der Waals surface area (Å²) in [5, 5.41) is 13.8. The lowest BCUT2D eigenvalue weighted by Crippen LogP contribution is -2.46. The van der Waals surface area contributed by atoms with Crippen LogP contribution in [-0.2, 0) is 18.4 Å². The number of allylic oxidation sites excluding steroid dienone is 4. The number of nitrogens with two attached hydrogens (primary N) is 1. The van der Waals surface area contributed by atoms with E-state index in [1.54, 1.807) is 0 Å². The Bertz CT molecular complexity index is 855. The quantitative estimate of drug-likeness (QED) is 0.0279. The maximum atomic E-state index is 12.7. The lowest BCUT2D eigenvalue weighted by molar-refractivity contribution is -0.123. The summed E-state index contributed by atoms with van der Waals surface area (Å²) in [5.41, 5.74) is 5.37. The van der Waals surface area contributed by atoms with Crippen molar-refractivity contribution in [2.24, 2.45) is 5.73 Å². The van der Waals surface area contributed by atoms with Gasteiger partial charge >= 0.3 is 7.82 Å². The number of unbranched alkanes of at least 4 members (excludes halogenated alkanes) is 24. The molecule has 5 N–H and O–H groups in total. The highest BCUT2D eigenvalue weighted by atomic mass is 31.2. The minimum Gasteiger partial charge on any atom is -0.391 e. The van der Waals surface area contributed by atoms with Crippen LogP contribution in [0, 0.1) is 0 Å². The van der Waals surface area contributed by atoms with E-state index < -0.39 is 20.0 Å². The Morgan fingerprint density at radius 3 is 1.55 bits per heavy atom. The third kappa shape index (κ3) is 37.1. The van der Waals surface area contributed by atoms with Crippen LogP contribution in [0.5, 0.6) is 0 Å². The van der Waals surface area contributed by atoms with Crippen LogP contribution in [0.15, 0.2) is 24.3 Å². The van der Waals surface area contributed by atoms with E-state index in [9.17, 15) is 19.4 Å². The standard InChI is InChI=1S/C42H83N2O6P/c1-3-5-7-9-11-13-15-16-17-18-19-20-21-22-23-24-26-28-30-32-34-36-42(46)44-40(39-50-51(47,48)49-38-37-43)41(45)35-33-31-29-27-25-14-12-10-8-6-4-2/h15-16,18-19,40-41,45H,3-14,17,20-39,43H2,1-2H3,(H,44,46)(H,47,48)/b16-15-,19-18-. The number of nitrogens with one attached hydrogen (secondary N) is 1. The lowest BCUT2D eigenvalue weighted by Gasteiger charge is -2.25. The van der Waals surface area contributed by atoms with Gasteiger partial charge in [-0.1, -0.05) is 179 Å². The SMILES string of the molecule is CCCCCCC/C=C\C/C=C\CCCCCCCCCCCC(=O)NC(COP(=O)(O)OCCN)C(O)CCCCCCCCCCCCC. The van der Waals surface area contributed by atoms with Gasteiger partial charge in [-0.05, 0) is 44.9 Å². The summed E-state index contributed by atoms with van der Waals surface area (Å²) in [6, 6.07) is -0.773. The largest absolute Gasteiger partial charge is 0.472 e. The minimum atomic E-state index is -4.31. The molecular weight excluding hydrogens is 659 g/mol. The maximum absolute atomic E-state index is 12.7. The minimum absolute atomic E-state index is 0.0885. The predicted octanol–water partition coefficient (Wildman–Crippen LogP) is 11.8.